The summed E-state index contributed by atoms with van der Waals surface area (Å²) in [5.74, 6) is 0.626. The molecule has 0 saturated heterocycles. The first-order valence-electron chi connectivity index (χ1n) is 15.7. The topological polar surface area (TPSA) is 82.0 Å². The van der Waals surface area contributed by atoms with Gasteiger partial charge in [-0.05, 0) is 87.3 Å². The van der Waals surface area contributed by atoms with E-state index in [1.54, 1.807) is 0 Å². The van der Waals surface area contributed by atoms with E-state index in [1.165, 1.54) is 41.5 Å². The summed E-state index contributed by atoms with van der Waals surface area (Å²) >= 11 is 0. The van der Waals surface area contributed by atoms with E-state index >= 15 is 0 Å². The Bertz CT molecular complexity index is 1360. The normalized spacial score (nSPS) is 14.4. The number of nitrogens with zero attached hydrogens (tertiary/aromatic N) is 1. The number of rotatable bonds is 10. The van der Waals surface area contributed by atoms with Crippen molar-refractivity contribution < 1.29 is 4.79 Å². The number of hydrogen-bond donors (Lipinski definition) is 2. The highest BCUT2D eigenvalue weighted by Gasteiger charge is 2.16. The molecule has 42 heavy (non-hydrogen) atoms. The molecule has 4 N–H and O–H groups in total. The minimum absolute atomic E-state index is 0.204. The van der Waals surface area contributed by atoms with Gasteiger partial charge in [-0.1, -0.05) is 108 Å². The fourth-order valence-electron chi connectivity index (χ4n) is 4.91. The van der Waals surface area contributed by atoms with Crippen molar-refractivity contribution >= 4 is 23.6 Å². The lowest BCUT2D eigenvalue weighted by Crippen LogP contribution is -2.37. The number of ketones is 1. The van der Waals surface area contributed by atoms with Crippen molar-refractivity contribution in [2.45, 2.75) is 101 Å². The van der Waals surface area contributed by atoms with Gasteiger partial charge in [0, 0.05) is 17.6 Å². The Balaban J connectivity index is 0.000000478. The molecular weight excluding hydrogens is 514 g/mol. The second-order valence-electron chi connectivity index (χ2n) is 11.5. The number of pyridine rings is 1. The maximum Gasteiger partial charge on any atom is 0.158 e. The lowest BCUT2D eigenvalue weighted by Gasteiger charge is -2.18. The number of anilines is 1. The largest absolute Gasteiger partial charge is 0.397 e. The second kappa shape index (κ2) is 19.0. The minimum Gasteiger partial charge on any atom is -0.397 e. The van der Waals surface area contributed by atoms with Crippen molar-refractivity contribution in [3.8, 4) is 0 Å². The first kappa shape index (κ1) is 36.8. The summed E-state index contributed by atoms with van der Waals surface area (Å²) in [4.78, 5) is 16.8. The van der Waals surface area contributed by atoms with Gasteiger partial charge in [-0.25, -0.2) is 0 Å². The molecule has 1 aromatic heterocycles. The molecule has 1 atom stereocenters. The van der Waals surface area contributed by atoms with Crippen LogP contribution in [0.25, 0.3) is 12.2 Å². The number of fused-ring (bicyclic) bond motifs is 1. The predicted octanol–water partition coefficient (Wildman–Crippen LogP) is 7.54. The molecule has 0 fully saturated rings. The van der Waals surface area contributed by atoms with Crippen LogP contribution >= 0.6 is 0 Å². The molecule has 0 amide bonds. The molecule has 1 aliphatic carbocycles. The minimum atomic E-state index is 0.204. The van der Waals surface area contributed by atoms with Crippen LogP contribution in [0.2, 0.25) is 0 Å². The quantitative estimate of drug-likeness (QED) is 0.175. The Morgan fingerprint density at radius 2 is 1.76 bits per heavy atom. The van der Waals surface area contributed by atoms with Crippen molar-refractivity contribution in [1.29, 1.82) is 0 Å². The Morgan fingerprint density at radius 1 is 1.07 bits per heavy atom. The second-order valence-corrected chi connectivity index (χ2v) is 11.5. The summed E-state index contributed by atoms with van der Waals surface area (Å²) < 4.78 is 0. The number of aryl methyl sites for hydroxylation is 4. The number of carbonyl (C=O) groups is 1. The first-order chi connectivity index (χ1) is 19.9. The van der Waals surface area contributed by atoms with Crippen molar-refractivity contribution in [2.24, 2.45) is 17.6 Å². The first-order valence-corrected chi connectivity index (χ1v) is 15.7. The lowest BCUT2D eigenvalue weighted by molar-refractivity contribution is -0.115. The van der Waals surface area contributed by atoms with Gasteiger partial charge in [-0.2, -0.15) is 0 Å². The van der Waals surface area contributed by atoms with Crippen LogP contribution in [0.5, 0.6) is 0 Å². The van der Waals surface area contributed by atoms with Gasteiger partial charge in [0.2, 0.25) is 0 Å². The number of allylic oxidation sites excluding steroid dienone is 5. The number of unbranched alkanes of at least 4 members (excludes halogenated alkanes) is 2. The van der Waals surface area contributed by atoms with E-state index in [9.17, 15) is 4.79 Å². The number of Topliss-reactive ketones (excluding diaryl/α,β-unsaturated/α-hetero) is 1. The monoisotopic (exact) mass is 571 g/mol. The molecule has 4 heteroatoms. The van der Waals surface area contributed by atoms with Crippen LogP contribution in [0, 0.1) is 39.5 Å². The third-order valence-corrected chi connectivity index (χ3v) is 7.75. The van der Waals surface area contributed by atoms with Gasteiger partial charge in [0.15, 0.2) is 5.78 Å². The number of hydrogen-bond acceptors (Lipinski definition) is 4. The lowest BCUT2D eigenvalue weighted by atomic mass is 9.88. The van der Waals surface area contributed by atoms with Gasteiger partial charge in [0.25, 0.3) is 0 Å². The zero-order valence-electron chi connectivity index (χ0n) is 27.9. The number of benzene rings is 1. The molecule has 0 saturated carbocycles. The molecule has 1 heterocycles. The fraction of sp³-hybridized carbons (Fsp3) is 0.474. The molecule has 0 bridgehead atoms. The molecule has 2 aromatic rings. The summed E-state index contributed by atoms with van der Waals surface area (Å²) in [5.41, 5.74) is 20.4. The molecule has 1 unspecified atom stereocenters. The molecule has 230 valence electrons. The maximum atomic E-state index is 12.2. The van der Waals surface area contributed by atoms with Gasteiger partial charge in [-0.15, -0.1) is 0 Å². The van der Waals surface area contributed by atoms with Crippen molar-refractivity contribution in [2.75, 3.05) is 12.3 Å². The highest BCUT2D eigenvalue weighted by Crippen LogP contribution is 2.23. The summed E-state index contributed by atoms with van der Waals surface area (Å²) in [6, 6.07) is 6.50. The highest BCUT2D eigenvalue weighted by molar-refractivity contribution is 5.95. The Hall–Kier alpha value is -3.24. The van der Waals surface area contributed by atoms with Crippen LogP contribution in [0.3, 0.4) is 0 Å². The molecule has 1 aliphatic rings. The molecule has 0 spiro atoms. The Labute approximate surface area is 256 Å². The van der Waals surface area contributed by atoms with Crippen LogP contribution in [0.15, 0.2) is 54.2 Å². The molecular formula is C38H57N3O. The van der Waals surface area contributed by atoms with E-state index < -0.39 is 0 Å². The average Bonchev–Trinajstić information content (AvgIpc) is 2.97. The van der Waals surface area contributed by atoms with Crippen molar-refractivity contribution in [1.82, 2.24) is 4.98 Å². The zero-order valence-corrected chi connectivity index (χ0v) is 27.9. The maximum absolute atomic E-state index is 12.2. The van der Waals surface area contributed by atoms with Gasteiger partial charge >= 0.3 is 0 Å². The number of nitrogen functional groups attached to an aromatic ring is 1. The SMILES string of the molecule is C=C/C(=C\C=C(\C(=O)CC)C(C)C)C1C=c2c(CC)c(N)c(C)nc2=CC1.CCCCCN.Cc1ccc(C)c(C)c1. The van der Waals surface area contributed by atoms with Crippen LogP contribution in [0.4, 0.5) is 5.69 Å². The third-order valence-electron chi connectivity index (χ3n) is 7.75. The van der Waals surface area contributed by atoms with Gasteiger partial charge < -0.3 is 11.5 Å². The van der Waals surface area contributed by atoms with Crippen LogP contribution in [-0.2, 0) is 11.2 Å². The molecule has 0 radical (unpaired) electrons. The number of aromatic nitrogens is 1. The molecule has 4 nitrogen and oxygen atoms in total. The van der Waals surface area contributed by atoms with Crippen LogP contribution < -0.4 is 22.0 Å². The van der Waals surface area contributed by atoms with Crippen LogP contribution in [0.1, 0.15) is 94.7 Å². The number of nitrogens with two attached hydrogens (primary N) is 2. The summed E-state index contributed by atoms with van der Waals surface area (Å²) in [6.45, 7) is 23.5. The number of carbonyl (C=O) groups excluding carboxylic acids is 1. The van der Waals surface area contributed by atoms with E-state index in [0.29, 0.717) is 6.42 Å². The Morgan fingerprint density at radius 3 is 2.24 bits per heavy atom. The van der Waals surface area contributed by atoms with E-state index in [-0.39, 0.29) is 17.6 Å². The van der Waals surface area contributed by atoms with Crippen LogP contribution in [-0.4, -0.2) is 17.3 Å². The fourth-order valence-corrected chi connectivity index (χ4v) is 4.91. The van der Waals surface area contributed by atoms with Gasteiger partial charge in [-0.3, -0.25) is 9.78 Å². The zero-order chi connectivity index (χ0) is 31.8. The Kier molecular flexibility index (Phi) is 16.7. The van der Waals surface area contributed by atoms with E-state index in [0.717, 1.165) is 52.5 Å². The predicted molar refractivity (Wildman–Crippen MR) is 185 cm³/mol. The molecule has 1 aromatic carbocycles. The summed E-state index contributed by atoms with van der Waals surface area (Å²) in [6.07, 6.45) is 16.4. The third kappa shape index (κ3) is 11.2. The van der Waals surface area contributed by atoms with E-state index in [1.807, 2.05) is 32.1 Å². The summed E-state index contributed by atoms with van der Waals surface area (Å²) in [5, 5.41) is 2.17. The van der Waals surface area contributed by atoms with Crippen molar-refractivity contribution in [3.05, 3.63) is 92.7 Å². The highest BCUT2D eigenvalue weighted by atomic mass is 16.1. The van der Waals surface area contributed by atoms with E-state index in [4.69, 9.17) is 11.5 Å². The molecule has 3 rings (SSSR count). The van der Waals surface area contributed by atoms with E-state index in [2.05, 4.69) is 90.4 Å². The van der Waals surface area contributed by atoms with Gasteiger partial charge in [0.05, 0.1) is 16.7 Å². The summed E-state index contributed by atoms with van der Waals surface area (Å²) in [7, 11) is 0. The average molecular weight is 572 g/mol. The standard InChI is InChI=1S/C24H32N2O.C9H12.C5H13N/c1-7-17(10-12-20(15(4)5)23(27)9-3)18-11-13-22-21(14-18)19(8-2)24(25)16(6)26-22;1-7-4-5-8(2)9(3)6-7;1-2-3-4-5-6/h7,10,12-15,18H,1,8-9,11,25H2,2-6H3;4-6H,1-3H3;2-6H2,1H3/b17-10+,20-12+;;. The van der Waals surface area contributed by atoms with Crippen molar-refractivity contribution in [3.63, 3.8) is 0 Å². The smallest absolute Gasteiger partial charge is 0.158 e. The van der Waals surface area contributed by atoms with Gasteiger partial charge in [0.1, 0.15) is 0 Å². The molecule has 0 aliphatic heterocycles.